The van der Waals surface area contributed by atoms with Crippen molar-refractivity contribution < 1.29 is 0 Å². The van der Waals surface area contributed by atoms with E-state index in [1.54, 1.807) is 10.6 Å². The van der Waals surface area contributed by atoms with Gasteiger partial charge in [-0.3, -0.25) is 0 Å². The number of rotatable bonds is 4. The lowest BCUT2D eigenvalue weighted by atomic mass is 10.4. The summed E-state index contributed by atoms with van der Waals surface area (Å²) in [6.45, 7) is 20.1. The minimum atomic E-state index is -1.05. The standard InChI is InChI=1S/C14H28P2Si2/c1-15(17(3,4)5)13-11-9-10-12-14(13)16(2)18(6,7)8/h9-12H,1-8H3. The molecule has 0 bridgehead atoms. The van der Waals surface area contributed by atoms with Crippen LogP contribution in [0.4, 0.5) is 0 Å². The molecular weight excluding hydrogens is 286 g/mol. The molecule has 0 aromatic heterocycles. The highest BCUT2D eigenvalue weighted by Crippen LogP contribution is 2.46. The molecule has 0 aliphatic carbocycles. The molecule has 0 heterocycles. The first kappa shape index (κ1) is 16.6. The molecule has 1 aromatic carbocycles. The van der Waals surface area contributed by atoms with Crippen LogP contribution in [0.15, 0.2) is 24.3 Å². The Morgan fingerprint density at radius 2 is 0.944 bits per heavy atom. The Hall–Kier alpha value is 0.514. The fourth-order valence-electron chi connectivity index (χ4n) is 1.75. The Balaban J connectivity index is 3.23. The number of hydrogen-bond acceptors (Lipinski definition) is 0. The van der Waals surface area contributed by atoms with E-state index in [-0.39, 0.29) is 14.9 Å². The van der Waals surface area contributed by atoms with E-state index in [4.69, 9.17) is 0 Å². The van der Waals surface area contributed by atoms with Gasteiger partial charge in [0.25, 0.3) is 0 Å². The smallest absolute Gasteiger partial charge is 0.0770 e. The van der Waals surface area contributed by atoms with E-state index in [0.29, 0.717) is 0 Å². The predicted molar refractivity (Wildman–Crippen MR) is 98.1 cm³/mol. The van der Waals surface area contributed by atoms with Crippen molar-refractivity contribution in [2.24, 2.45) is 0 Å². The average molecular weight is 314 g/mol. The Bertz CT molecular complexity index is 366. The van der Waals surface area contributed by atoms with Gasteiger partial charge in [0.2, 0.25) is 0 Å². The lowest BCUT2D eigenvalue weighted by Gasteiger charge is -2.33. The van der Waals surface area contributed by atoms with E-state index >= 15 is 0 Å². The summed E-state index contributed by atoms with van der Waals surface area (Å²) < 4.78 is 0. The molecule has 4 heteroatoms. The van der Waals surface area contributed by atoms with Crippen molar-refractivity contribution in [3.63, 3.8) is 0 Å². The Labute approximate surface area is 118 Å². The van der Waals surface area contributed by atoms with Crippen LogP contribution in [0.1, 0.15) is 0 Å². The second-order valence-corrected chi connectivity index (χ2v) is 30.9. The van der Waals surface area contributed by atoms with E-state index in [2.05, 4.69) is 76.9 Å². The minimum Gasteiger partial charge on any atom is -0.0906 e. The summed E-state index contributed by atoms with van der Waals surface area (Å²) in [5, 5.41) is 3.42. The SMILES string of the molecule is CP(c1ccccc1P(C)[Si](C)(C)C)[Si](C)(C)C. The molecule has 0 amide bonds. The van der Waals surface area contributed by atoms with Crippen molar-refractivity contribution in [1.29, 1.82) is 0 Å². The minimum absolute atomic E-state index is 0.0602. The van der Waals surface area contributed by atoms with Crippen molar-refractivity contribution in [2.45, 2.75) is 39.3 Å². The van der Waals surface area contributed by atoms with Crippen LogP contribution in [0.5, 0.6) is 0 Å². The van der Waals surface area contributed by atoms with Crippen molar-refractivity contribution in [3.05, 3.63) is 24.3 Å². The lowest BCUT2D eigenvalue weighted by Crippen LogP contribution is -2.35. The molecule has 0 spiro atoms. The molecular formula is C14H28P2Si2. The summed E-state index contributed by atoms with van der Waals surface area (Å²) in [4.78, 5) is 0. The fraction of sp³-hybridized carbons (Fsp3) is 0.571. The van der Waals surface area contributed by atoms with Crippen LogP contribution in [-0.4, -0.2) is 28.8 Å². The van der Waals surface area contributed by atoms with E-state index in [0.717, 1.165) is 0 Å². The molecule has 2 atom stereocenters. The van der Waals surface area contributed by atoms with Crippen LogP contribution in [0, 0.1) is 0 Å². The molecule has 0 aliphatic heterocycles. The zero-order chi connectivity index (χ0) is 14.1. The van der Waals surface area contributed by atoms with Gasteiger partial charge >= 0.3 is 0 Å². The topological polar surface area (TPSA) is 0 Å². The highest BCUT2D eigenvalue weighted by atomic mass is 31.4. The third-order valence-corrected chi connectivity index (χ3v) is 23.6. The normalized spacial score (nSPS) is 16.4. The molecule has 0 saturated heterocycles. The van der Waals surface area contributed by atoms with E-state index in [1.165, 1.54) is 0 Å². The summed E-state index contributed by atoms with van der Waals surface area (Å²) in [7, 11) is -1.97. The summed E-state index contributed by atoms with van der Waals surface area (Å²) in [5.41, 5.74) is 0. The van der Waals surface area contributed by atoms with Gasteiger partial charge in [0, 0.05) is 0 Å². The Kier molecular flexibility index (Phi) is 5.41. The van der Waals surface area contributed by atoms with Gasteiger partial charge in [-0.25, -0.2) is 0 Å². The maximum atomic E-state index is 2.52. The molecule has 0 saturated carbocycles. The van der Waals surface area contributed by atoms with Crippen LogP contribution >= 0.6 is 14.9 Å². The fourth-order valence-corrected chi connectivity index (χ4v) is 11.6. The highest BCUT2D eigenvalue weighted by Gasteiger charge is 2.30. The maximum Gasteiger partial charge on any atom is 0.0770 e. The predicted octanol–water partition coefficient (Wildman–Crippen LogP) is 4.83. The Morgan fingerprint density at radius 1 is 0.667 bits per heavy atom. The van der Waals surface area contributed by atoms with Crippen molar-refractivity contribution in [1.82, 2.24) is 0 Å². The lowest BCUT2D eigenvalue weighted by molar-refractivity contribution is 1.80. The molecule has 0 aliphatic rings. The maximum absolute atomic E-state index is 2.52. The molecule has 1 rings (SSSR count). The molecule has 18 heavy (non-hydrogen) atoms. The van der Waals surface area contributed by atoms with E-state index in [1.807, 2.05) is 0 Å². The first-order chi connectivity index (χ1) is 8.05. The zero-order valence-electron chi connectivity index (χ0n) is 13.2. The van der Waals surface area contributed by atoms with Gasteiger partial charge in [0.1, 0.15) is 0 Å². The first-order valence-electron chi connectivity index (χ1n) is 6.62. The van der Waals surface area contributed by atoms with Crippen LogP contribution in [0.25, 0.3) is 0 Å². The van der Waals surface area contributed by atoms with Crippen molar-refractivity contribution >= 4 is 41.0 Å². The average Bonchev–Trinajstić information content (AvgIpc) is 2.24. The van der Waals surface area contributed by atoms with Gasteiger partial charge in [-0.2, -0.15) is 0 Å². The van der Waals surface area contributed by atoms with Gasteiger partial charge in [-0.15, -0.1) is 0 Å². The third kappa shape index (κ3) is 4.00. The van der Waals surface area contributed by atoms with Crippen molar-refractivity contribution in [3.8, 4) is 0 Å². The first-order valence-corrected chi connectivity index (χ1v) is 18.9. The molecule has 0 N–H and O–H groups in total. The van der Waals surface area contributed by atoms with E-state index in [9.17, 15) is 0 Å². The van der Waals surface area contributed by atoms with Gasteiger partial charge in [0.05, 0.1) is 15.5 Å². The van der Waals surface area contributed by atoms with Crippen molar-refractivity contribution in [2.75, 3.05) is 13.3 Å². The molecule has 0 nitrogen and oxygen atoms in total. The second kappa shape index (κ2) is 5.87. The summed E-state index contributed by atoms with van der Waals surface area (Å²) in [5.74, 6) is 0. The quantitative estimate of drug-likeness (QED) is 0.551. The van der Waals surface area contributed by atoms with Crippen LogP contribution in [-0.2, 0) is 0 Å². The van der Waals surface area contributed by atoms with Gasteiger partial charge in [-0.1, -0.05) is 78.5 Å². The zero-order valence-corrected chi connectivity index (χ0v) is 17.0. The largest absolute Gasteiger partial charge is 0.0906 e. The van der Waals surface area contributed by atoms with Gasteiger partial charge in [0.15, 0.2) is 0 Å². The monoisotopic (exact) mass is 314 g/mol. The highest BCUT2D eigenvalue weighted by molar-refractivity contribution is 8.03. The summed E-state index contributed by atoms with van der Waals surface area (Å²) >= 11 is 0. The summed E-state index contributed by atoms with van der Waals surface area (Å²) in [6.07, 6.45) is 0. The molecule has 0 fully saturated rings. The molecule has 1 aromatic rings. The second-order valence-electron chi connectivity index (χ2n) is 6.95. The molecule has 102 valence electrons. The van der Waals surface area contributed by atoms with Crippen LogP contribution in [0.2, 0.25) is 39.3 Å². The van der Waals surface area contributed by atoms with Gasteiger partial charge in [-0.05, 0) is 23.9 Å². The number of benzene rings is 1. The Morgan fingerprint density at radius 3 is 1.17 bits per heavy atom. The molecule has 2 unspecified atom stereocenters. The van der Waals surface area contributed by atoms with Crippen LogP contribution in [0.3, 0.4) is 0 Å². The summed E-state index contributed by atoms with van der Waals surface area (Å²) in [6, 6.07) is 9.31. The van der Waals surface area contributed by atoms with E-state index < -0.39 is 15.5 Å². The molecule has 0 radical (unpaired) electrons. The third-order valence-electron chi connectivity index (χ3n) is 3.62. The van der Waals surface area contributed by atoms with Crippen LogP contribution < -0.4 is 10.6 Å². The van der Waals surface area contributed by atoms with Gasteiger partial charge < -0.3 is 0 Å². The number of hydrogen-bond donors (Lipinski definition) is 0.